The number of thiazole rings is 1. The molecule has 1 atom stereocenters. The van der Waals surface area contributed by atoms with Gasteiger partial charge in [0.15, 0.2) is 16.3 Å². The summed E-state index contributed by atoms with van der Waals surface area (Å²) >= 11 is 1.27. The first-order valence-electron chi connectivity index (χ1n) is 13.0. The van der Waals surface area contributed by atoms with E-state index < -0.39 is 12.0 Å². The van der Waals surface area contributed by atoms with Crippen LogP contribution in [0.3, 0.4) is 0 Å². The quantitative estimate of drug-likeness (QED) is 0.351. The number of rotatable bonds is 10. The molecule has 0 fully saturated rings. The monoisotopic (exact) mass is 550 g/mol. The molecule has 4 rings (SSSR count). The molecule has 0 saturated carbocycles. The van der Waals surface area contributed by atoms with Crippen LogP contribution >= 0.6 is 11.3 Å². The van der Waals surface area contributed by atoms with Gasteiger partial charge in [-0.05, 0) is 56.5 Å². The average molecular weight is 551 g/mol. The Morgan fingerprint density at radius 2 is 1.85 bits per heavy atom. The van der Waals surface area contributed by atoms with Gasteiger partial charge in [0, 0.05) is 5.56 Å². The lowest BCUT2D eigenvalue weighted by molar-refractivity contribution is -0.139. The highest BCUT2D eigenvalue weighted by atomic mass is 32.1. The van der Waals surface area contributed by atoms with E-state index in [1.54, 1.807) is 31.6 Å². The van der Waals surface area contributed by atoms with E-state index in [-0.39, 0.29) is 17.7 Å². The van der Waals surface area contributed by atoms with Crippen molar-refractivity contribution in [1.29, 1.82) is 0 Å². The van der Waals surface area contributed by atoms with E-state index in [4.69, 9.17) is 18.9 Å². The van der Waals surface area contributed by atoms with E-state index in [1.807, 2.05) is 49.4 Å². The first-order valence-corrected chi connectivity index (χ1v) is 13.8. The SMILES string of the molecule is CCOC(=O)C1=C(C)N=c2s/c(=C\c3ccc(OCC(C)C)cc3)c(=O)n2[C@H]1c1cccc(OC)c1OCC. The number of carbonyl (C=O) groups is 1. The molecule has 0 N–H and O–H groups in total. The molecule has 0 saturated heterocycles. The van der Waals surface area contributed by atoms with Crippen molar-refractivity contribution in [3.63, 3.8) is 0 Å². The molecule has 2 heterocycles. The molecular weight excluding hydrogens is 516 g/mol. The van der Waals surface area contributed by atoms with Gasteiger partial charge in [-0.3, -0.25) is 9.36 Å². The highest BCUT2D eigenvalue weighted by Crippen LogP contribution is 2.40. The molecule has 0 unspecified atom stereocenters. The largest absolute Gasteiger partial charge is 0.493 e. The molecule has 0 aliphatic carbocycles. The van der Waals surface area contributed by atoms with Crippen molar-refractivity contribution in [2.24, 2.45) is 10.9 Å². The number of allylic oxidation sites excluding steroid dienone is 1. The maximum Gasteiger partial charge on any atom is 0.338 e. The van der Waals surface area contributed by atoms with Crippen LogP contribution in [-0.4, -0.2) is 37.5 Å². The van der Waals surface area contributed by atoms with E-state index in [2.05, 4.69) is 18.8 Å². The van der Waals surface area contributed by atoms with Crippen LogP contribution in [0.25, 0.3) is 6.08 Å². The summed E-state index contributed by atoms with van der Waals surface area (Å²) in [5, 5.41) is 0. The summed E-state index contributed by atoms with van der Waals surface area (Å²) in [7, 11) is 1.56. The molecule has 1 aromatic heterocycles. The van der Waals surface area contributed by atoms with Gasteiger partial charge in [0.25, 0.3) is 5.56 Å². The lowest BCUT2D eigenvalue weighted by Crippen LogP contribution is -2.40. The molecule has 8 nitrogen and oxygen atoms in total. The van der Waals surface area contributed by atoms with Crippen molar-refractivity contribution < 1.29 is 23.7 Å². The van der Waals surface area contributed by atoms with Crippen molar-refractivity contribution in [3.05, 3.63) is 84.5 Å². The van der Waals surface area contributed by atoms with Gasteiger partial charge in [-0.1, -0.05) is 49.4 Å². The minimum atomic E-state index is -0.800. The number of fused-ring (bicyclic) bond motifs is 1. The first-order chi connectivity index (χ1) is 18.8. The van der Waals surface area contributed by atoms with Gasteiger partial charge >= 0.3 is 5.97 Å². The van der Waals surface area contributed by atoms with Crippen molar-refractivity contribution in [2.45, 2.75) is 40.7 Å². The third-order valence-electron chi connectivity index (χ3n) is 6.09. The van der Waals surface area contributed by atoms with E-state index in [0.29, 0.717) is 51.2 Å². The topological polar surface area (TPSA) is 88.4 Å². The predicted octanol–water partition coefficient (Wildman–Crippen LogP) is 4.24. The highest BCUT2D eigenvalue weighted by Gasteiger charge is 2.35. The number of carbonyl (C=O) groups excluding carboxylic acids is 1. The average Bonchev–Trinajstić information content (AvgIpc) is 3.22. The number of hydrogen-bond acceptors (Lipinski definition) is 8. The van der Waals surface area contributed by atoms with Crippen LogP contribution in [0.1, 0.15) is 51.8 Å². The Morgan fingerprint density at radius 1 is 1.10 bits per heavy atom. The van der Waals surface area contributed by atoms with Crippen molar-refractivity contribution in [2.75, 3.05) is 26.9 Å². The number of nitrogens with zero attached hydrogens (tertiary/aromatic N) is 2. The lowest BCUT2D eigenvalue weighted by Gasteiger charge is -2.26. The minimum absolute atomic E-state index is 0.195. The normalized spacial score (nSPS) is 15.2. The fraction of sp³-hybridized carbons (Fsp3) is 0.367. The molecule has 3 aromatic rings. The summed E-state index contributed by atoms with van der Waals surface area (Å²) in [5.74, 6) is 1.65. The number of esters is 1. The smallest absolute Gasteiger partial charge is 0.338 e. The second-order valence-corrected chi connectivity index (χ2v) is 10.4. The Kier molecular flexibility index (Phi) is 8.91. The van der Waals surface area contributed by atoms with Gasteiger partial charge in [0.05, 0.1) is 42.7 Å². The second-order valence-electron chi connectivity index (χ2n) is 9.39. The number of ether oxygens (including phenoxy) is 4. The van der Waals surface area contributed by atoms with Crippen LogP contribution < -0.4 is 29.1 Å². The van der Waals surface area contributed by atoms with Crippen LogP contribution in [0.5, 0.6) is 17.2 Å². The van der Waals surface area contributed by atoms with Gasteiger partial charge in [-0.25, -0.2) is 9.79 Å². The number of aromatic nitrogens is 1. The van der Waals surface area contributed by atoms with Crippen LogP contribution in [0.2, 0.25) is 0 Å². The molecule has 0 spiro atoms. The van der Waals surface area contributed by atoms with E-state index in [1.165, 1.54) is 11.3 Å². The Hall–Kier alpha value is -3.85. The van der Waals surface area contributed by atoms with Gasteiger partial charge < -0.3 is 18.9 Å². The van der Waals surface area contributed by atoms with Crippen LogP contribution in [0.4, 0.5) is 0 Å². The molecule has 1 aliphatic rings. The number of methoxy groups -OCH3 is 1. The van der Waals surface area contributed by atoms with Crippen molar-refractivity contribution in [1.82, 2.24) is 4.57 Å². The van der Waals surface area contributed by atoms with Gasteiger partial charge in [0.1, 0.15) is 11.8 Å². The van der Waals surface area contributed by atoms with Crippen LogP contribution in [0.15, 0.2) is 63.5 Å². The number of hydrogen-bond donors (Lipinski definition) is 0. The fourth-order valence-electron chi connectivity index (χ4n) is 4.37. The zero-order chi connectivity index (χ0) is 28.1. The molecule has 9 heteroatoms. The maximum absolute atomic E-state index is 13.9. The molecule has 1 aliphatic heterocycles. The summed E-state index contributed by atoms with van der Waals surface area (Å²) in [6.07, 6.45) is 1.82. The Morgan fingerprint density at radius 3 is 2.49 bits per heavy atom. The molecule has 0 amide bonds. The zero-order valence-electron chi connectivity index (χ0n) is 23.1. The zero-order valence-corrected chi connectivity index (χ0v) is 24.0. The molecule has 39 heavy (non-hydrogen) atoms. The Bertz CT molecular complexity index is 1550. The van der Waals surface area contributed by atoms with E-state index >= 15 is 0 Å². The fourth-order valence-corrected chi connectivity index (χ4v) is 5.41. The lowest BCUT2D eigenvalue weighted by atomic mass is 9.94. The highest BCUT2D eigenvalue weighted by molar-refractivity contribution is 7.07. The molecule has 2 aromatic carbocycles. The third-order valence-corrected chi connectivity index (χ3v) is 7.07. The van der Waals surface area contributed by atoms with Crippen molar-refractivity contribution in [3.8, 4) is 17.2 Å². The van der Waals surface area contributed by atoms with E-state index in [0.717, 1.165) is 11.3 Å². The number of para-hydroxylation sites is 1. The summed E-state index contributed by atoms with van der Waals surface area (Å²) in [6, 6.07) is 12.2. The van der Waals surface area contributed by atoms with Gasteiger partial charge in [-0.2, -0.15) is 0 Å². The van der Waals surface area contributed by atoms with Crippen molar-refractivity contribution >= 4 is 23.4 Å². The minimum Gasteiger partial charge on any atom is -0.493 e. The molecule has 206 valence electrons. The summed E-state index contributed by atoms with van der Waals surface area (Å²) in [4.78, 5) is 32.3. The Balaban J connectivity index is 1.88. The van der Waals surface area contributed by atoms with Crippen LogP contribution in [-0.2, 0) is 9.53 Å². The molecular formula is C30H34N2O6S. The standard InChI is InChI=1S/C30H34N2O6S/c1-7-36-27-22(10-9-11-23(27)35-6)26-25(29(34)37-8-2)19(5)31-30-32(26)28(33)24(39-30)16-20-12-14-21(15-13-20)38-17-18(3)4/h9-16,18,26H,7-8,17H2,1-6H3/b24-16-/t26-/m0/s1. The predicted molar refractivity (Wildman–Crippen MR) is 151 cm³/mol. The molecule has 0 radical (unpaired) electrons. The Labute approximate surface area is 231 Å². The van der Waals surface area contributed by atoms with E-state index in [9.17, 15) is 9.59 Å². The van der Waals surface area contributed by atoms with Gasteiger partial charge in [0.2, 0.25) is 0 Å². The summed E-state index contributed by atoms with van der Waals surface area (Å²) in [6.45, 7) is 10.8. The summed E-state index contributed by atoms with van der Waals surface area (Å²) < 4.78 is 24.8. The third kappa shape index (κ3) is 5.93. The number of benzene rings is 2. The summed E-state index contributed by atoms with van der Waals surface area (Å²) in [5.41, 5.74) is 1.99. The first kappa shape index (κ1) is 28.2. The maximum atomic E-state index is 13.9. The van der Waals surface area contributed by atoms with Crippen LogP contribution in [0, 0.1) is 5.92 Å². The second kappa shape index (κ2) is 12.3. The van der Waals surface area contributed by atoms with Gasteiger partial charge in [-0.15, -0.1) is 0 Å². The molecule has 0 bridgehead atoms.